The van der Waals surface area contributed by atoms with E-state index in [0.29, 0.717) is 0 Å². The first-order chi connectivity index (χ1) is 20.4. The number of carbonyl (C=O) groups is 2. The van der Waals surface area contributed by atoms with Gasteiger partial charge in [0.25, 0.3) is 0 Å². The zero-order valence-electron chi connectivity index (χ0n) is 22.5. The van der Waals surface area contributed by atoms with E-state index in [0.717, 1.165) is 54.6 Å². The molecule has 3 unspecified atom stereocenters. The summed E-state index contributed by atoms with van der Waals surface area (Å²) in [7, 11) is 0. The molecule has 3 aromatic rings. The van der Waals surface area contributed by atoms with Crippen molar-refractivity contribution in [1.82, 2.24) is 5.32 Å². The molecule has 3 aromatic carbocycles. The van der Waals surface area contributed by atoms with Crippen molar-refractivity contribution in [1.29, 1.82) is 0 Å². The van der Waals surface area contributed by atoms with Gasteiger partial charge in [-0.25, -0.2) is 26.3 Å². The molecule has 1 amide bonds. The predicted molar refractivity (Wildman–Crippen MR) is 145 cm³/mol. The van der Waals surface area contributed by atoms with Crippen molar-refractivity contribution in [3.05, 3.63) is 106 Å². The Labute approximate surface area is 248 Å². The van der Waals surface area contributed by atoms with Gasteiger partial charge in [0.1, 0.15) is 47.3 Å². The molecule has 0 bridgehead atoms. The first-order valence-electron chi connectivity index (χ1n) is 12.7. The Hall–Kier alpha value is -3.49. The number of amides is 1. The lowest BCUT2D eigenvalue weighted by Gasteiger charge is -2.24. The molecular formula is C29H29ClF6N2O5. The highest BCUT2D eigenvalue weighted by Gasteiger charge is 2.23. The maximum Gasteiger partial charge on any atom is 0.246 e. The summed E-state index contributed by atoms with van der Waals surface area (Å²) in [5, 5.41) is 20.2. The fraction of sp³-hybridized carbons (Fsp3) is 0.310. The van der Waals surface area contributed by atoms with E-state index in [2.05, 4.69) is 5.32 Å². The summed E-state index contributed by atoms with van der Waals surface area (Å²) >= 11 is 5.31. The number of ketones is 1. The van der Waals surface area contributed by atoms with Crippen LogP contribution < -0.4 is 11.1 Å². The molecule has 1 saturated heterocycles. The number of rotatable bonds is 8. The number of ether oxygens (including phenoxy) is 1. The number of carbonyl (C=O) groups excluding carboxylic acids is 2. The number of morpholine rings is 1. The minimum absolute atomic E-state index is 0.000895. The molecule has 1 heterocycles. The monoisotopic (exact) mass is 634 g/mol. The average molecular weight is 635 g/mol. The molecule has 0 spiro atoms. The van der Waals surface area contributed by atoms with Gasteiger partial charge in [0.2, 0.25) is 5.91 Å². The lowest BCUT2D eigenvalue weighted by molar-refractivity contribution is -0.131. The van der Waals surface area contributed by atoms with Crippen LogP contribution in [0.25, 0.3) is 0 Å². The van der Waals surface area contributed by atoms with Crippen LogP contribution in [-0.4, -0.2) is 54.2 Å². The number of alkyl halides is 1. The Morgan fingerprint density at radius 1 is 0.884 bits per heavy atom. The van der Waals surface area contributed by atoms with Crippen LogP contribution in [0.15, 0.2) is 54.6 Å². The average Bonchev–Trinajstić information content (AvgIpc) is 2.99. The highest BCUT2D eigenvalue weighted by molar-refractivity contribution is 6.27. The third-order valence-electron chi connectivity index (χ3n) is 5.98. The van der Waals surface area contributed by atoms with Crippen LogP contribution in [0.2, 0.25) is 0 Å². The molecule has 1 fully saturated rings. The third-order valence-corrected chi connectivity index (χ3v) is 6.28. The quantitative estimate of drug-likeness (QED) is 0.216. The largest absolute Gasteiger partial charge is 0.396 e. The van der Waals surface area contributed by atoms with E-state index in [9.17, 15) is 35.9 Å². The second kappa shape index (κ2) is 17.6. The molecule has 43 heavy (non-hydrogen) atoms. The summed E-state index contributed by atoms with van der Waals surface area (Å²) in [6.45, 7) is -0.705. The van der Waals surface area contributed by atoms with Crippen molar-refractivity contribution in [3.63, 3.8) is 0 Å². The summed E-state index contributed by atoms with van der Waals surface area (Å²) in [4.78, 5) is 22.1. The molecule has 7 nitrogen and oxygen atoms in total. The van der Waals surface area contributed by atoms with Gasteiger partial charge in [-0.1, -0.05) is 0 Å². The maximum atomic E-state index is 13.3. The van der Waals surface area contributed by atoms with E-state index in [-0.39, 0.29) is 53.9 Å². The Balaban J connectivity index is 0.000000227. The van der Waals surface area contributed by atoms with Gasteiger partial charge in [0, 0.05) is 23.5 Å². The Kier molecular flexibility index (Phi) is 14.6. The Morgan fingerprint density at radius 2 is 1.42 bits per heavy atom. The van der Waals surface area contributed by atoms with Gasteiger partial charge in [-0.3, -0.25) is 9.59 Å². The summed E-state index contributed by atoms with van der Waals surface area (Å²) in [5.74, 6) is -5.07. The Morgan fingerprint density at radius 3 is 1.95 bits per heavy atom. The van der Waals surface area contributed by atoms with Crippen molar-refractivity contribution in [2.45, 2.75) is 24.4 Å². The number of halogens is 7. The zero-order valence-corrected chi connectivity index (χ0v) is 23.3. The van der Waals surface area contributed by atoms with Crippen LogP contribution in [0.5, 0.6) is 0 Å². The molecule has 5 N–H and O–H groups in total. The standard InChI is InChI=1S/C11H11ClF2O2.C10H9F2NO2.C8H9F2NO/c12-5-9(16)3-7(6-15)10-4-8(13)1-2-11(10)14;11-6-1-2-8(12)7(3-6)9-4-15-5-10(14)13-9;9-5-1-2-7(10)6(3-5)8(11)4-12/h1-2,4,7,15H,3,5-6H2;1-3,9H,4-5H2,(H,13,14);1-3,8,12H,4,11H2. The summed E-state index contributed by atoms with van der Waals surface area (Å²) in [5.41, 5.74) is 5.42. The van der Waals surface area contributed by atoms with Crippen molar-refractivity contribution in [3.8, 4) is 0 Å². The van der Waals surface area contributed by atoms with E-state index in [1.165, 1.54) is 0 Å². The first-order valence-corrected chi connectivity index (χ1v) is 13.2. The minimum atomic E-state index is -0.860. The number of nitrogens with one attached hydrogen (secondary N) is 1. The van der Waals surface area contributed by atoms with Crippen molar-refractivity contribution in [2.75, 3.05) is 32.3 Å². The van der Waals surface area contributed by atoms with Gasteiger partial charge in [-0.15, -0.1) is 11.6 Å². The molecule has 14 heteroatoms. The van der Waals surface area contributed by atoms with Gasteiger partial charge in [0.15, 0.2) is 0 Å². The second-order valence-electron chi connectivity index (χ2n) is 9.18. The van der Waals surface area contributed by atoms with E-state index >= 15 is 0 Å². The topological polar surface area (TPSA) is 122 Å². The molecule has 3 atom stereocenters. The molecule has 1 aliphatic heterocycles. The fourth-order valence-electron chi connectivity index (χ4n) is 3.82. The molecule has 0 aliphatic carbocycles. The van der Waals surface area contributed by atoms with E-state index < -0.39 is 66.1 Å². The normalized spacial score (nSPS) is 15.7. The minimum Gasteiger partial charge on any atom is -0.396 e. The lowest BCUT2D eigenvalue weighted by Crippen LogP contribution is -2.40. The maximum absolute atomic E-state index is 13.3. The number of aliphatic hydroxyl groups is 2. The number of hydrogen-bond acceptors (Lipinski definition) is 6. The number of nitrogens with two attached hydrogens (primary N) is 1. The number of Topliss-reactive ketones (excluding diaryl/α,β-unsaturated/α-hetero) is 1. The lowest BCUT2D eigenvalue weighted by atomic mass is 9.94. The number of hydrogen-bond donors (Lipinski definition) is 4. The van der Waals surface area contributed by atoms with Crippen molar-refractivity contribution < 1.29 is 50.9 Å². The van der Waals surface area contributed by atoms with Crippen molar-refractivity contribution >= 4 is 23.3 Å². The fourth-order valence-corrected chi connectivity index (χ4v) is 3.93. The predicted octanol–water partition coefficient (Wildman–Crippen LogP) is 4.35. The molecule has 0 saturated carbocycles. The summed E-state index contributed by atoms with van der Waals surface area (Å²) in [6, 6.07) is 7.57. The number of aliphatic hydroxyl groups excluding tert-OH is 2. The van der Waals surface area contributed by atoms with Crippen molar-refractivity contribution in [2.24, 2.45) is 5.73 Å². The number of benzene rings is 3. The van der Waals surface area contributed by atoms with Gasteiger partial charge < -0.3 is 26.0 Å². The smallest absolute Gasteiger partial charge is 0.246 e. The molecule has 0 aromatic heterocycles. The highest BCUT2D eigenvalue weighted by Crippen LogP contribution is 2.24. The van der Waals surface area contributed by atoms with Crippen LogP contribution in [0.1, 0.15) is 41.1 Å². The molecule has 4 rings (SSSR count). The molecule has 234 valence electrons. The van der Waals surface area contributed by atoms with Gasteiger partial charge >= 0.3 is 0 Å². The van der Waals surface area contributed by atoms with Crippen LogP contribution in [0.3, 0.4) is 0 Å². The molecule has 1 aliphatic rings. The third kappa shape index (κ3) is 11.3. The summed E-state index contributed by atoms with van der Waals surface area (Å²) < 4.78 is 82.8. The van der Waals surface area contributed by atoms with Crippen LogP contribution >= 0.6 is 11.6 Å². The van der Waals surface area contributed by atoms with E-state index in [1.807, 2.05) is 0 Å². The summed E-state index contributed by atoms with van der Waals surface area (Å²) in [6.07, 6.45) is -0.0969. The van der Waals surface area contributed by atoms with Crippen LogP contribution in [0.4, 0.5) is 26.3 Å². The second-order valence-corrected chi connectivity index (χ2v) is 9.44. The zero-order chi connectivity index (χ0) is 32.1. The van der Waals surface area contributed by atoms with E-state index in [1.54, 1.807) is 0 Å². The van der Waals surface area contributed by atoms with Gasteiger partial charge in [-0.2, -0.15) is 0 Å². The van der Waals surface area contributed by atoms with Gasteiger partial charge in [0.05, 0.1) is 37.8 Å². The Bertz CT molecular complexity index is 1380. The highest BCUT2D eigenvalue weighted by atomic mass is 35.5. The molecule has 0 radical (unpaired) electrons. The van der Waals surface area contributed by atoms with Gasteiger partial charge in [-0.05, 0) is 60.2 Å². The SMILES string of the molecule is NC(CO)c1cc(F)ccc1F.O=C(CCl)CC(CO)c1cc(F)ccc1F.O=C1COCC(c2cc(F)ccc2F)N1. The first kappa shape index (κ1) is 35.7. The van der Waals surface area contributed by atoms with E-state index in [4.69, 9.17) is 32.3 Å². The molecular weight excluding hydrogens is 606 g/mol. The van der Waals surface area contributed by atoms with Crippen LogP contribution in [0, 0.1) is 34.9 Å². The van der Waals surface area contributed by atoms with Crippen LogP contribution in [-0.2, 0) is 14.3 Å².